The molecule has 0 bridgehead atoms. The molecule has 0 amide bonds. The SMILES string of the molecule is COc1cc(C=CC(=O)OC2OC(COC3OC(CO)C(O)C(O)C3O)C(O)C(O)C2OC(=O)C=Cc2cc(OC)c(O)c(OC)c2)cc(OC)c1O. The van der Waals surface area contributed by atoms with E-state index in [1.54, 1.807) is 0 Å². The summed E-state index contributed by atoms with van der Waals surface area (Å²) in [5, 5.41) is 82.3. The van der Waals surface area contributed by atoms with Crippen LogP contribution in [-0.4, -0.2) is 156 Å². The Kier molecular flexibility index (Phi) is 14.2. The van der Waals surface area contributed by atoms with E-state index in [9.17, 15) is 50.4 Å². The number of phenolic OH excluding ortho intramolecular Hbond substituents is 2. The van der Waals surface area contributed by atoms with Crippen LogP contribution in [0.1, 0.15) is 11.1 Å². The van der Waals surface area contributed by atoms with E-state index in [2.05, 4.69) is 0 Å². The Morgan fingerprint density at radius 3 is 1.51 bits per heavy atom. The van der Waals surface area contributed by atoms with Crippen molar-refractivity contribution >= 4 is 24.1 Å². The second-order valence-corrected chi connectivity index (χ2v) is 11.6. The molecule has 10 unspecified atom stereocenters. The molecule has 53 heavy (non-hydrogen) atoms. The van der Waals surface area contributed by atoms with Crippen LogP contribution < -0.4 is 18.9 Å². The normalized spacial score (nSPS) is 28.8. The highest BCUT2D eigenvalue weighted by Gasteiger charge is 2.50. The molecule has 292 valence electrons. The molecular weight excluding hydrogens is 712 g/mol. The number of aliphatic hydroxyl groups is 6. The van der Waals surface area contributed by atoms with Crippen LogP contribution in [-0.2, 0) is 33.3 Å². The lowest BCUT2D eigenvalue weighted by atomic mass is 9.98. The Bertz CT molecular complexity index is 1570. The largest absolute Gasteiger partial charge is 0.502 e. The zero-order valence-electron chi connectivity index (χ0n) is 28.9. The van der Waals surface area contributed by atoms with Crippen LogP contribution in [0.5, 0.6) is 34.5 Å². The van der Waals surface area contributed by atoms with Gasteiger partial charge in [-0.15, -0.1) is 0 Å². The van der Waals surface area contributed by atoms with E-state index in [1.165, 1.54) is 64.9 Å². The van der Waals surface area contributed by atoms with Crippen LogP contribution in [0, 0.1) is 0 Å². The first kappa shape index (κ1) is 41.1. The highest BCUT2D eigenvalue weighted by atomic mass is 16.7. The highest BCUT2D eigenvalue weighted by molar-refractivity contribution is 5.88. The van der Waals surface area contributed by atoms with Crippen molar-refractivity contribution < 1.29 is 93.1 Å². The molecule has 2 aromatic rings. The van der Waals surface area contributed by atoms with Crippen LogP contribution in [0.15, 0.2) is 36.4 Å². The van der Waals surface area contributed by atoms with Gasteiger partial charge in [0.05, 0.1) is 41.7 Å². The third-order valence-corrected chi connectivity index (χ3v) is 8.23. The first-order valence-electron chi connectivity index (χ1n) is 15.9. The van der Waals surface area contributed by atoms with Gasteiger partial charge in [0.2, 0.25) is 17.8 Å². The summed E-state index contributed by atoms with van der Waals surface area (Å²) in [5.41, 5.74) is 0.657. The van der Waals surface area contributed by atoms with Gasteiger partial charge in [-0.05, 0) is 47.5 Å². The van der Waals surface area contributed by atoms with Crippen molar-refractivity contribution in [1.82, 2.24) is 0 Å². The van der Waals surface area contributed by atoms with Crippen LogP contribution in [0.2, 0.25) is 0 Å². The fourth-order valence-corrected chi connectivity index (χ4v) is 5.33. The number of aromatic hydroxyl groups is 2. The van der Waals surface area contributed by atoms with E-state index in [4.69, 9.17) is 42.6 Å². The third-order valence-electron chi connectivity index (χ3n) is 8.23. The molecule has 0 saturated carbocycles. The van der Waals surface area contributed by atoms with Crippen molar-refractivity contribution in [3.05, 3.63) is 47.5 Å². The summed E-state index contributed by atoms with van der Waals surface area (Å²) < 4.78 is 47.7. The summed E-state index contributed by atoms with van der Waals surface area (Å²) in [6.45, 7) is -1.42. The van der Waals surface area contributed by atoms with Crippen molar-refractivity contribution in [3.63, 3.8) is 0 Å². The minimum absolute atomic E-state index is 0.0385. The third kappa shape index (κ3) is 9.65. The van der Waals surface area contributed by atoms with Gasteiger partial charge in [0.1, 0.15) is 42.7 Å². The van der Waals surface area contributed by atoms with Gasteiger partial charge in [-0.25, -0.2) is 9.59 Å². The molecule has 0 aliphatic carbocycles. The Balaban J connectivity index is 1.55. The molecule has 2 fully saturated rings. The quantitative estimate of drug-likeness (QED) is 0.0811. The Labute approximate surface area is 302 Å². The first-order chi connectivity index (χ1) is 25.3. The molecule has 0 radical (unpaired) electrons. The molecule has 19 nitrogen and oxygen atoms in total. The van der Waals surface area contributed by atoms with Crippen molar-refractivity contribution in [2.45, 2.75) is 61.4 Å². The summed E-state index contributed by atoms with van der Waals surface area (Å²) >= 11 is 0. The minimum atomic E-state index is -1.97. The summed E-state index contributed by atoms with van der Waals surface area (Å²) in [5.74, 6) is -2.58. The maximum Gasteiger partial charge on any atom is 0.333 e. The minimum Gasteiger partial charge on any atom is -0.502 e. The van der Waals surface area contributed by atoms with Gasteiger partial charge >= 0.3 is 11.9 Å². The van der Waals surface area contributed by atoms with Gasteiger partial charge in [0.15, 0.2) is 35.4 Å². The fraction of sp³-hybridized carbons (Fsp3) is 0.471. The number of ether oxygens (including phenoxy) is 9. The average molecular weight is 755 g/mol. The predicted molar refractivity (Wildman–Crippen MR) is 177 cm³/mol. The van der Waals surface area contributed by atoms with Crippen molar-refractivity contribution in [1.29, 1.82) is 0 Å². The summed E-state index contributed by atoms with van der Waals surface area (Å²) in [4.78, 5) is 26.0. The van der Waals surface area contributed by atoms with Gasteiger partial charge in [0.25, 0.3) is 0 Å². The number of hydrogen-bond acceptors (Lipinski definition) is 19. The molecule has 10 atom stereocenters. The second-order valence-electron chi connectivity index (χ2n) is 11.6. The molecule has 2 saturated heterocycles. The maximum atomic E-state index is 13.0. The zero-order valence-corrected chi connectivity index (χ0v) is 28.9. The van der Waals surface area contributed by atoms with Gasteiger partial charge in [-0.3, -0.25) is 0 Å². The van der Waals surface area contributed by atoms with Crippen molar-refractivity contribution in [3.8, 4) is 34.5 Å². The molecule has 2 aliphatic rings. The first-order valence-corrected chi connectivity index (χ1v) is 15.9. The number of methoxy groups -OCH3 is 4. The summed E-state index contributed by atoms with van der Waals surface area (Å²) in [7, 11) is 5.23. The predicted octanol–water partition coefficient (Wildman–Crippen LogP) is -1.42. The van der Waals surface area contributed by atoms with Crippen LogP contribution in [0.25, 0.3) is 12.2 Å². The van der Waals surface area contributed by atoms with Crippen molar-refractivity contribution in [2.24, 2.45) is 0 Å². The van der Waals surface area contributed by atoms with Crippen LogP contribution in [0.3, 0.4) is 0 Å². The van der Waals surface area contributed by atoms with Crippen molar-refractivity contribution in [2.75, 3.05) is 41.7 Å². The van der Waals surface area contributed by atoms with E-state index in [0.29, 0.717) is 11.1 Å². The summed E-state index contributed by atoms with van der Waals surface area (Å²) in [6, 6.07) is 5.56. The van der Waals surface area contributed by atoms with E-state index in [-0.39, 0.29) is 34.5 Å². The molecule has 0 spiro atoms. The number of hydrogen-bond donors (Lipinski definition) is 8. The van der Waals surface area contributed by atoms with E-state index in [0.717, 1.165) is 12.2 Å². The van der Waals surface area contributed by atoms with Gasteiger partial charge in [0, 0.05) is 12.2 Å². The molecule has 2 aliphatic heterocycles. The maximum absolute atomic E-state index is 13.0. The topological polar surface area (TPSA) is 279 Å². The highest BCUT2D eigenvalue weighted by Crippen LogP contribution is 2.38. The summed E-state index contributed by atoms with van der Waals surface area (Å²) in [6.07, 6.45) is -12.9. The van der Waals surface area contributed by atoms with Crippen LogP contribution >= 0.6 is 0 Å². The van der Waals surface area contributed by atoms with E-state index in [1.807, 2.05) is 0 Å². The number of phenols is 2. The lowest BCUT2D eigenvalue weighted by Crippen LogP contribution is -2.62. The Morgan fingerprint density at radius 2 is 1.06 bits per heavy atom. The average Bonchev–Trinajstić information content (AvgIpc) is 3.15. The lowest BCUT2D eigenvalue weighted by Gasteiger charge is -2.43. The second kappa shape index (κ2) is 18.4. The Hall–Kier alpha value is -4.70. The monoisotopic (exact) mass is 754 g/mol. The molecular formula is C34H42O19. The van der Waals surface area contributed by atoms with E-state index >= 15 is 0 Å². The molecule has 4 rings (SSSR count). The number of carbonyl (C=O) groups is 2. The smallest absolute Gasteiger partial charge is 0.333 e. The molecule has 8 N–H and O–H groups in total. The lowest BCUT2D eigenvalue weighted by molar-refractivity contribution is -0.327. The van der Waals surface area contributed by atoms with Gasteiger partial charge in [-0.2, -0.15) is 0 Å². The fourth-order valence-electron chi connectivity index (χ4n) is 5.33. The van der Waals surface area contributed by atoms with Gasteiger partial charge < -0.3 is 83.5 Å². The Morgan fingerprint density at radius 1 is 0.623 bits per heavy atom. The number of benzene rings is 2. The standard InChI is InChI=1S/C34H42O19/c1-45-17-9-15(10-18(46-2)25(17)38)5-7-23(36)52-32-30(43)28(41)22(14-49-33-31(44)29(42)27(40)21(13-35)50-33)51-34(32)53-24(37)8-6-16-11-19(47-3)26(39)20(12-16)48-4/h5-12,21-22,27-35,38-44H,13-14H2,1-4H3. The molecule has 2 aromatic carbocycles. The van der Waals surface area contributed by atoms with Crippen LogP contribution in [0.4, 0.5) is 0 Å². The molecule has 19 heteroatoms. The number of rotatable bonds is 14. The van der Waals surface area contributed by atoms with Gasteiger partial charge in [-0.1, -0.05) is 0 Å². The molecule has 0 aromatic heterocycles. The number of carbonyl (C=O) groups excluding carboxylic acids is 2. The number of aliphatic hydroxyl groups excluding tert-OH is 6. The number of esters is 2. The van der Waals surface area contributed by atoms with E-state index < -0.39 is 86.6 Å². The zero-order chi connectivity index (χ0) is 39.0. The molecule has 2 heterocycles.